The molecule has 0 bridgehead atoms. The van der Waals surface area contributed by atoms with E-state index in [2.05, 4.69) is 0 Å². The normalized spacial score (nSPS) is 18.2. The van der Waals surface area contributed by atoms with Crippen LogP contribution in [-0.4, -0.2) is 48.6 Å². The predicted molar refractivity (Wildman–Crippen MR) is 79.8 cm³/mol. The van der Waals surface area contributed by atoms with E-state index in [1.807, 2.05) is 16.7 Å². The summed E-state index contributed by atoms with van der Waals surface area (Å²) in [5.41, 5.74) is 1.27. The highest BCUT2D eigenvalue weighted by atomic mass is 32.2. The maximum Gasteiger partial charge on any atom is 0.254 e. The molecule has 1 saturated heterocycles. The Balaban J connectivity index is 2.20. The lowest BCUT2D eigenvalue weighted by Gasteiger charge is -2.29. The van der Waals surface area contributed by atoms with Crippen molar-refractivity contribution >= 4 is 17.7 Å². The summed E-state index contributed by atoms with van der Waals surface area (Å²) in [6, 6.07) is 4.59. The summed E-state index contributed by atoms with van der Waals surface area (Å²) in [5, 5.41) is 0. The molecule has 0 saturated carbocycles. The molecule has 20 heavy (non-hydrogen) atoms. The van der Waals surface area contributed by atoms with Crippen molar-refractivity contribution in [1.82, 2.24) is 4.90 Å². The van der Waals surface area contributed by atoms with Crippen molar-refractivity contribution in [2.24, 2.45) is 0 Å². The molecule has 1 heterocycles. The quantitative estimate of drug-likeness (QED) is 0.837. The standard InChI is InChI=1S/C15H20FNO2S/c1-11-9-12(16)3-4-14(11)15(18)17(6-7-19-2)13-5-8-20-10-13/h3-4,9,13H,5-8,10H2,1-2H3. The Bertz CT molecular complexity index is 475. The number of hydrogen-bond donors (Lipinski definition) is 0. The van der Waals surface area contributed by atoms with Crippen LogP contribution in [0.25, 0.3) is 0 Å². The molecular weight excluding hydrogens is 277 g/mol. The number of hydrogen-bond acceptors (Lipinski definition) is 3. The number of halogens is 1. The third-order valence-electron chi connectivity index (χ3n) is 3.56. The van der Waals surface area contributed by atoms with Crippen LogP contribution >= 0.6 is 11.8 Å². The number of amides is 1. The molecule has 1 unspecified atom stereocenters. The van der Waals surface area contributed by atoms with Gasteiger partial charge in [0.1, 0.15) is 5.82 Å². The van der Waals surface area contributed by atoms with Crippen molar-refractivity contribution in [3.8, 4) is 0 Å². The summed E-state index contributed by atoms with van der Waals surface area (Å²) in [6.07, 6.45) is 1.01. The van der Waals surface area contributed by atoms with Crippen LogP contribution in [-0.2, 0) is 4.74 Å². The summed E-state index contributed by atoms with van der Waals surface area (Å²) in [7, 11) is 1.63. The molecule has 1 fully saturated rings. The number of ether oxygens (including phenoxy) is 1. The molecule has 1 amide bonds. The van der Waals surface area contributed by atoms with Gasteiger partial charge in [0.15, 0.2) is 0 Å². The minimum Gasteiger partial charge on any atom is -0.383 e. The van der Waals surface area contributed by atoms with Gasteiger partial charge in [-0.05, 0) is 42.9 Å². The van der Waals surface area contributed by atoms with Crippen LogP contribution < -0.4 is 0 Å². The number of carbonyl (C=O) groups is 1. The van der Waals surface area contributed by atoms with E-state index in [1.165, 1.54) is 12.1 Å². The smallest absolute Gasteiger partial charge is 0.254 e. The minimum atomic E-state index is -0.307. The van der Waals surface area contributed by atoms with E-state index >= 15 is 0 Å². The van der Waals surface area contributed by atoms with Gasteiger partial charge in [-0.3, -0.25) is 4.79 Å². The number of carbonyl (C=O) groups excluding carboxylic acids is 1. The zero-order chi connectivity index (χ0) is 14.5. The highest BCUT2D eigenvalue weighted by molar-refractivity contribution is 7.99. The molecule has 1 aliphatic rings. The van der Waals surface area contributed by atoms with E-state index in [0.717, 1.165) is 17.9 Å². The largest absolute Gasteiger partial charge is 0.383 e. The van der Waals surface area contributed by atoms with E-state index in [9.17, 15) is 9.18 Å². The predicted octanol–water partition coefficient (Wildman–Crippen LogP) is 2.73. The average molecular weight is 297 g/mol. The lowest BCUT2D eigenvalue weighted by molar-refractivity contribution is 0.0624. The molecule has 1 aliphatic heterocycles. The molecule has 1 atom stereocenters. The number of aryl methyl sites for hydroxylation is 1. The molecular formula is C15H20FNO2S. The fraction of sp³-hybridized carbons (Fsp3) is 0.533. The van der Waals surface area contributed by atoms with Gasteiger partial charge in [0.2, 0.25) is 0 Å². The zero-order valence-corrected chi connectivity index (χ0v) is 12.7. The first-order valence-corrected chi connectivity index (χ1v) is 7.92. The Morgan fingerprint density at radius 3 is 2.95 bits per heavy atom. The first kappa shape index (κ1) is 15.3. The maximum atomic E-state index is 13.2. The second kappa shape index (κ2) is 7.09. The van der Waals surface area contributed by atoms with Crippen molar-refractivity contribution in [2.45, 2.75) is 19.4 Å². The van der Waals surface area contributed by atoms with Gasteiger partial charge in [-0.1, -0.05) is 0 Å². The van der Waals surface area contributed by atoms with E-state index < -0.39 is 0 Å². The fourth-order valence-corrected chi connectivity index (χ4v) is 3.65. The van der Waals surface area contributed by atoms with Crippen molar-refractivity contribution in [2.75, 3.05) is 31.8 Å². The van der Waals surface area contributed by atoms with Gasteiger partial charge in [0.05, 0.1) is 6.61 Å². The number of benzene rings is 1. The van der Waals surface area contributed by atoms with Crippen LogP contribution in [0.3, 0.4) is 0 Å². The zero-order valence-electron chi connectivity index (χ0n) is 11.9. The Kier molecular flexibility index (Phi) is 5.43. The lowest BCUT2D eigenvalue weighted by atomic mass is 10.1. The molecule has 1 aromatic rings. The van der Waals surface area contributed by atoms with Crippen molar-refractivity contribution in [3.05, 3.63) is 35.1 Å². The van der Waals surface area contributed by atoms with Gasteiger partial charge < -0.3 is 9.64 Å². The average Bonchev–Trinajstić information content (AvgIpc) is 2.93. The molecule has 1 aromatic carbocycles. The topological polar surface area (TPSA) is 29.5 Å². The molecule has 0 aromatic heterocycles. The number of thioether (sulfide) groups is 1. The van der Waals surface area contributed by atoms with Crippen LogP contribution in [0.4, 0.5) is 4.39 Å². The third-order valence-corrected chi connectivity index (χ3v) is 4.71. The Morgan fingerprint density at radius 2 is 2.35 bits per heavy atom. The van der Waals surface area contributed by atoms with Crippen LogP contribution in [0.2, 0.25) is 0 Å². The minimum absolute atomic E-state index is 0.0212. The van der Waals surface area contributed by atoms with E-state index in [1.54, 1.807) is 20.1 Å². The first-order chi connectivity index (χ1) is 9.63. The van der Waals surface area contributed by atoms with Crippen molar-refractivity contribution in [3.63, 3.8) is 0 Å². The lowest BCUT2D eigenvalue weighted by Crippen LogP contribution is -2.42. The monoisotopic (exact) mass is 297 g/mol. The molecule has 0 aliphatic carbocycles. The molecule has 3 nitrogen and oxygen atoms in total. The van der Waals surface area contributed by atoms with Gasteiger partial charge in [-0.15, -0.1) is 0 Å². The van der Waals surface area contributed by atoms with Crippen LogP contribution in [0.15, 0.2) is 18.2 Å². The molecule has 0 spiro atoms. The number of methoxy groups -OCH3 is 1. The highest BCUT2D eigenvalue weighted by Gasteiger charge is 2.28. The van der Waals surface area contributed by atoms with Crippen LogP contribution in [0.5, 0.6) is 0 Å². The Hall–Kier alpha value is -1.07. The first-order valence-electron chi connectivity index (χ1n) is 6.77. The van der Waals surface area contributed by atoms with Gasteiger partial charge >= 0.3 is 0 Å². The van der Waals surface area contributed by atoms with Gasteiger partial charge in [-0.25, -0.2) is 4.39 Å². The van der Waals surface area contributed by atoms with Gasteiger partial charge in [0.25, 0.3) is 5.91 Å². The Morgan fingerprint density at radius 1 is 1.55 bits per heavy atom. The molecule has 0 N–H and O–H groups in total. The van der Waals surface area contributed by atoms with E-state index in [0.29, 0.717) is 24.3 Å². The van der Waals surface area contributed by atoms with Gasteiger partial charge in [0, 0.05) is 31.0 Å². The second-order valence-electron chi connectivity index (χ2n) is 4.97. The Labute approximate surface area is 123 Å². The summed E-state index contributed by atoms with van der Waals surface area (Å²) < 4.78 is 18.3. The second-order valence-corrected chi connectivity index (χ2v) is 6.12. The van der Waals surface area contributed by atoms with Crippen molar-refractivity contribution < 1.29 is 13.9 Å². The summed E-state index contributed by atoms with van der Waals surface area (Å²) >= 11 is 1.87. The summed E-state index contributed by atoms with van der Waals surface area (Å²) in [4.78, 5) is 14.6. The maximum absolute atomic E-state index is 13.2. The van der Waals surface area contributed by atoms with Gasteiger partial charge in [-0.2, -0.15) is 11.8 Å². The summed E-state index contributed by atoms with van der Waals surface area (Å²) in [5.74, 6) is 1.73. The van der Waals surface area contributed by atoms with E-state index in [-0.39, 0.29) is 17.8 Å². The molecule has 2 rings (SSSR count). The molecule has 110 valence electrons. The van der Waals surface area contributed by atoms with Crippen molar-refractivity contribution in [1.29, 1.82) is 0 Å². The number of nitrogens with zero attached hydrogens (tertiary/aromatic N) is 1. The molecule has 5 heteroatoms. The fourth-order valence-electron chi connectivity index (χ4n) is 2.43. The molecule has 0 radical (unpaired) electrons. The van der Waals surface area contributed by atoms with Crippen LogP contribution in [0, 0.1) is 12.7 Å². The summed E-state index contributed by atoms with van der Waals surface area (Å²) in [6.45, 7) is 2.87. The number of rotatable bonds is 5. The SMILES string of the molecule is COCCN(C(=O)c1ccc(F)cc1C)C1CCSC1. The van der Waals surface area contributed by atoms with Crippen LogP contribution in [0.1, 0.15) is 22.3 Å². The highest BCUT2D eigenvalue weighted by Crippen LogP contribution is 2.24. The third kappa shape index (κ3) is 3.52. The van der Waals surface area contributed by atoms with E-state index in [4.69, 9.17) is 4.74 Å².